The highest BCUT2D eigenvalue weighted by atomic mass is 35.5. The van der Waals surface area contributed by atoms with Crippen LogP contribution >= 0.6 is 11.6 Å². The van der Waals surface area contributed by atoms with Gasteiger partial charge in [-0.3, -0.25) is 9.59 Å². The zero-order valence-corrected chi connectivity index (χ0v) is 20.5. The van der Waals surface area contributed by atoms with E-state index in [4.69, 9.17) is 26.8 Å². The summed E-state index contributed by atoms with van der Waals surface area (Å²) in [5.74, 6) is -2.42. The molecular formula is C27H22ClN3O6. The summed E-state index contributed by atoms with van der Waals surface area (Å²) in [6.45, 7) is 2.05. The highest BCUT2D eigenvalue weighted by Crippen LogP contribution is 2.32. The van der Waals surface area contributed by atoms with Crippen molar-refractivity contribution >= 4 is 52.4 Å². The van der Waals surface area contributed by atoms with Gasteiger partial charge in [-0.1, -0.05) is 30.7 Å². The molecule has 9 nitrogen and oxygen atoms in total. The molecule has 0 radical (unpaired) electrons. The van der Waals surface area contributed by atoms with Gasteiger partial charge in [0.25, 0.3) is 11.8 Å². The number of carbonyl (C=O) groups is 4. The maximum absolute atomic E-state index is 13.2. The van der Waals surface area contributed by atoms with Gasteiger partial charge in [0.2, 0.25) is 0 Å². The summed E-state index contributed by atoms with van der Waals surface area (Å²) in [5, 5.41) is 2.49. The van der Waals surface area contributed by atoms with Crippen LogP contribution in [0.2, 0.25) is 0 Å². The molecule has 0 aromatic heterocycles. The summed E-state index contributed by atoms with van der Waals surface area (Å²) >= 11 is 6.22. The molecule has 0 atom stereocenters. The van der Waals surface area contributed by atoms with Crippen molar-refractivity contribution in [3.8, 4) is 5.75 Å². The Morgan fingerprint density at radius 3 is 2.27 bits per heavy atom. The van der Waals surface area contributed by atoms with Gasteiger partial charge >= 0.3 is 11.9 Å². The Hall–Kier alpha value is -4.63. The molecule has 0 spiro atoms. The van der Waals surface area contributed by atoms with Crippen LogP contribution in [0.4, 0.5) is 17.1 Å². The molecule has 2 amide bonds. The molecule has 3 aromatic carbocycles. The molecule has 3 aromatic rings. The van der Waals surface area contributed by atoms with Crippen LogP contribution in [0, 0.1) is 0 Å². The van der Waals surface area contributed by atoms with E-state index in [1.165, 1.54) is 36.4 Å². The largest absolute Gasteiger partial charge is 0.462 e. The van der Waals surface area contributed by atoms with Crippen molar-refractivity contribution in [2.24, 2.45) is 0 Å². The third-order valence-corrected chi connectivity index (χ3v) is 5.66. The van der Waals surface area contributed by atoms with E-state index < -0.39 is 23.8 Å². The number of hydrogen-bond acceptors (Lipinski definition) is 8. The highest BCUT2D eigenvalue weighted by Gasteiger charge is 2.40. The second-order valence-electron chi connectivity index (χ2n) is 7.95. The lowest BCUT2D eigenvalue weighted by atomic mass is 10.1. The quantitative estimate of drug-likeness (QED) is 0.193. The fourth-order valence-electron chi connectivity index (χ4n) is 3.48. The molecule has 0 unspecified atom stereocenters. The molecule has 0 fully saturated rings. The van der Waals surface area contributed by atoms with Crippen molar-refractivity contribution in [3.05, 3.63) is 94.7 Å². The van der Waals surface area contributed by atoms with Gasteiger partial charge in [0.05, 0.1) is 23.4 Å². The molecule has 1 heterocycles. The summed E-state index contributed by atoms with van der Waals surface area (Å²) in [4.78, 5) is 51.8. The number of ether oxygens (including phenoxy) is 2. The summed E-state index contributed by atoms with van der Waals surface area (Å²) < 4.78 is 10.5. The van der Waals surface area contributed by atoms with Gasteiger partial charge in [0.15, 0.2) is 0 Å². The Labute approximate surface area is 217 Å². The van der Waals surface area contributed by atoms with Gasteiger partial charge in [0, 0.05) is 11.4 Å². The molecule has 10 heteroatoms. The van der Waals surface area contributed by atoms with E-state index in [-0.39, 0.29) is 34.2 Å². The number of hydrogen-bond donors (Lipinski definition) is 2. The maximum atomic E-state index is 13.2. The standard InChI is InChI=1S/C27H22ClN3O6/c1-2-15-36-27(35)20-5-3-4-6-21(20)31-24(32)22(28)23(25(31)33)30-18-11-7-16(8-12-18)26(34)37-19-13-9-17(29)10-14-19/h3-14,30H,2,15,29H2,1H3. The first kappa shape index (κ1) is 25.5. The number of nitrogen functional groups attached to an aromatic ring is 1. The number of para-hydroxylation sites is 1. The first-order valence-electron chi connectivity index (χ1n) is 11.3. The second kappa shape index (κ2) is 11.0. The average molecular weight is 520 g/mol. The SMILES string of the molecule is CCCOC(=O)c1ccccc1N1C(=O)C(Cl)=C(Nc2ccc(C(=O)Oc3ccc(N)cc3)cc2)C1=O. The van der Waals surface area contributed by atoms with Crippen LogP contribution < -0.4 is 20.7 Å². The van der Waals surface area contributed by atoms with Crippen LogP contribution in [0.15, 0.2) is 83.5 Å². The van der Waals surface area contributed by atoms with E-state index in [9.17, 15) is 19.2 Å². The zero-order valence-electron chi connectivity index (χ0n) is 19.7. The van der Waals surface area contributed by atoms with E-state index in [1.54, 1.807) is 36.4 Å². The van der Waals surface area contributed by atoms with E-state index in [0.29, 0.717) is 23.5 Å². The van der Waals surface area contributed by atoms with Crippen molar-refractivity contribution in [1.82, 2.24) is 0 Å². The molecule has 0 saturated carbocycles. The zero-order chi connectivity index (χ0) is 26.5. The minimum atomic E-state index is -0.784. The number of amides is 2. The van der Waals surface area contributed by atoms with Crippen molar-refractivity contribution < 1.29 is 28.7 Å². The summed E-state index contributed by atoms with van der Waals surface area (Å²) in [5.41, 5.74) is 6.79. The van der Waals surface area contributed by atoms with Crippen molar-refractivity contribution in [2.75, 3.05) is 22.6 Å². The predicted octanol–water partition coefficient (Wildman–Crippen LogP) is 4.49. The minimum Gasteiger partial charge on any atom is -0.462 e. The summed E-state index contributed by atoms with van der Waals surface area (Å²) in [7, 11) is 0. The van der Waals surface area contributed by atoms with Crippen molar-refractivity contribution in [3.63, 3.8) is 0 Å². The molecule has 3 N–H and O–H groups in total. The predicted molar refractivity (Wildman–Crippen MR) is 138 cm³/mol. The monoisotopic (exact) mass is 519 g/mol. The third-order valence-electron chi connectivity index (χ3n) is 5.31. The Kier molecular flexibility index (Phi) is 7.55. The number of esters is 2. The first-order valence-corrected chi connectivity index (χ1v) is 11.7. The molecule has 188 valence electrons. The highest BCUT2D eigenvalue weighted by molar-refractivity contribution is 6.53. The van der Waals surface area contributed by atoms with E-state index in [0.717, 1.165) is 4.90 Å². The second-order valence-corrected chi connectivity index (χ2v) is 8.33. The number of imide groups is 1. The lowest BCUT2D eigenvalue weighted by Gasteiger charge is -2.18. The number of nitrogens with zero attached hydrogens (tertiary/aromatic N) is 1. The van der Waals surface area contributed by atoms with Gasteiger partial charge in [-0.05, 0) is 67.1 Å². The Bertz CT molecular complexity index is 1400. The van der Waals surface area contributed by atoms with E-state index in [2.05, 4.69) is 5.32 Å². The Balaban J connectivity index is 1.50. The van der Waals surface area contributed by atoms with Crippen molar-refractivity contribution in [1.29, 1.82) is 0 Å². The molecule has 0 aliphatic carbocycles. The smallest absolute Gasteiger partial charge is 0.343 e. The molecule has 37 heavy (non-hydrogen) atoms. The normalized spacial score (nSPS) is 13.1. The van der Waals surface area contributed by atoms with Gasteiger partial charge in [-0.2, -0.15) is 0 Å². The molecular weight excluding hydrogens is 498 g/mol. The number of carbonyl (C=O) groups excluding carboxylic acids is 4. The number of rotatable bonds is 8. The van der Waals surface area contributed by atoms with Crippen LogP contribution in [0.3, 0.4) is 0 Å². The average Bonchev–Trinajstić information content (AvgIpc) is 3.11. The number of benzene rings is 3. The van der Waals surface area contributed by atoms with Crippen LogP contribution in [0.1, 0.15) is 34.1 Å². The van der Waals surface area contributed by atoms with Gasteiger partial charge < -0.3 is 20.5 Å². The van der Waals surface area contributed by atoms with Gasteiger partial charge in [-0.25, -0.2) is 14.5 Å². The van der Waals surface area contributed by atoms with Gasteiger partial charge in [0.1, 0.15) is 16.5 Å². The fourth-order valence-corrected chi connectivity index (χ4v) is 3.69. The van der Waals surface area contributed by atoms with Crippen LogP contribution in [0.5, 0.6) is 5.75 Å². The fraction of sp³-hybridized carbons (Fsp3) is 0.111. The molecule has 0 saturated heterocycles. The van der Waals surface area contributed by atoms with Crippen molar-refractivity contribution in [2.45, 2.75) is 13.3 Å². The maximum Gasteiger partial charge on any atom is 0.343 e. The lowest BCUT2D eigenvalue weighted by molar-refractivity contribution is -0.120. The topological polar surface area (TPSA) is 128 Å². The summed E-state index contributed by atoms with van der Waals surface area (Å²) in [6.07, 6.45) is 0.620. The van der Waals surface area contributed by atoms with Crippen LogP contribution in [0.25, 0.3) is 0 Å². The molecule has 1 aliphatic rings. The number of nitrogens with one attached hydrogen (secondary N) is 1. The van der Waals surface area contributed by atoms with E-state index in [1.807, 2.05) is 6.92 Å². The molecule has 4 rings (SSSR count). The number of nitrogens with two attached hydrogens (primary N) is 1. The lowest BCUT2D eigenvalue weighted by Crippen LogP contribution is -2.33. The Morgan fingerprint density at radius 1 is 0.919 bits per heavy atom. The number of halogens is 1. The van der Waals surface area contributed by atoms with Crippen LogP contribution in [-0.4, -0.2) is 30.4 Å². The van der Waals surface area contributed by atoms with Gasteiger partial charge in [-0.15, -0.1) is 0 Å². The summed E-state index contributed by atoms with van der Waals surface area (Å²) in [6, 6.07) is 18.6. The number of anilines is 3. The van der Waals surface area contributed by atoms with Crippen LogP contribution in [-0.2, 0) is 14.3 Å². The van der Waals surface area contributed by atoms with E-state index >= 15 is 0 Å². The molecule has 0 bridgehead atoms. The molecule has 1 aliphatic heterocycles. The Morgan fingerprint density at radius 2 is 1.59 bits per heavy atom. The third kappa shape index (κ3) is 5.46. The minimum absolute atomic E-state index is 0.0623. The first-order chi connectivity index (χ1) is 17.8.